The monoisotopic (exact) mass is 555 g/mol. The van der Waals surface area contributed by atoms with Crippen molar-refractivity contribution in [2.24, 2.45) is 4.99 Å². The molecule has 0 aromatic heterocycles. The smallest absolute Gasteiger partial charge is 0.191 e. The van der Waals surface area contributed by atoms with Gasteiger partial charge in [0, 0.05) is 39.9 Å². The van der Waals surface area contributed by atoms with E-state index < -0.39 is 10.8 Å². The molecular weight excluding hydrogens is 532 g/mol. The number of hydrogen-bond acceptors (Lipinski definition) is 3. The van der Waals surface area contributed by atoms with Gasteiger partial charge >= 0.3 is 0 Å². The molecule has 150 valence electrons. The molecule has 1 aromatic rings. The molecule has 5 nitrogen and oxygen atoms in total. The van der Waals surface area contributed by atoms with Crippen LogP contribution in [0.5, 0.6) is 5.75 Å². The molecular formula is C16H25Cl3IN3O2S. The summed E-state index contributed by atoms with van der Waals surface area (Å²) in [5.74, 6) is 1.57. The zero-order chi connectivity index (χ0) is 19.0. The summed E-state index contributed by atoms with van der Waals surface area (Å²) in [6.07, 6.45) is 0. The highest BCUT2D eigenvalue weighted by molar-refractivity contribution is 14.0. The van der Waals surface area contributed by atoms with Crippen LogP contribution in [0.4, 0.5) is 0 Å². The number of rotatable bonds is 7. The van der Waals surface area contributed by atoms with Gasteiger partial charge < -0.3 is 15.4 Å². The minimum absolute atomic E-state index is 0. The van der Waals surface area contributed by atoms with Gasteiger partial charge in [-0.05, 0) is 32.9 Å². The summed E-state index contributed by atoms with van der Waals surface area (Å²) in [4.78, 5) is 4.11. The van der Waals surface area contributed by atoms with E-state index in [1.165, 1.54) is 0 Å². The van der Waals surface area contributed by atoms with Crippen LogP contribution in [0.2, 0.25) is 15.1 Å². The molecule has 0 heterocycles. The molecule has 0 amide bonds. The van der Waals surface area contributed by atoms with Crippen LogP contribution >= 0.6 is 58.8 Å². The molecule has 0 fully saturated rings. The highest BCUT2D eigenvalue weighted by atomic mass is 127. The number of hydrogen-bond donors (Lipinski definition) is 2. The highest BCUT2D eigenvalue weighted by Gasteiger charge is 2.18. The summed E-state index contributed by atoms with van der Waals surface area (Å²) in [5.41, 5.74) is 0. The zero-order valence-corrected chi connectivity index (χ0v) is 20.6. The average molecular weight is 557 g/mol. The molecule has 10 heteroatoms. The quantitative estimate of drug-likeness (QED) is 0.227. The molecule has 0 saturated heterocycles. The predicted molar refractivity (Wildman–Crippen MR) is 125 cm³/mol. The molecule has 0 saturated carbocycles. The number of nitrogens with one attached hydrogen (secondary N) is 2. The lowest BCUT2D eigenvalue weighted by molar-refractivity contribution is 0.322. The van der Waals surface area contributed by atoms with Crippen LogP contribution in [0.15, 0.2) is 17.1 Å². The summed E-state index contributed by atoms with van der Waals surface area (Å²) in [6.45, 7) is 7.29. The van der Waals surface area contributed by atoms with Crippen molar-refractivity contribution in [3.63, 3.8) is 0 Å². The summed E-state index contributed by atoms with van der Waals surface area (Å²) >= 11 is 18.0. The third-order valence-electron chi connectivity index (χ3n) is 3.09. The Kier molecular flexibility index (Phi) is 12.5. The second-order valence-corrected chi connectivity index (χ2v) is 9.71. The van der Waals surface area contributed by atoms with Crippen LogP contribution in [0.3, 0.4) is 0 Å². The van der Waals surface area contributed by atoms with Gasteiger partial charge in [0.2, 0.25) is 0 Å². The van der Waals surface area contributed by atoms with Crippen molar-refractivity contribution >= 4 is 75.5 Å². The van der Waals surface area contributed by atoms with E-state index in [1.807, 2.05) is 20.8 Å². The Morgan fingerprint density at radius 3 is 2.19 bits per heavy atom. The summed E-state index contributed by atoms with van der Waals surface area (Å²) in [6, 6.07) is 3.15. The van der Waals surface area contributed by atoms with Crippen LogP contribution in [-0.4, -0.2) is 47.4 Å². The van der Waals surface area contributed by atoms with Gasteiger partial charge in [-0.25, -0.2) is 0 Å². The van der Waals surface area contributed by atoms with E-state index >= 15 is 0 Å². The molecule has 0 aliphatic rings. The second kappa shape index (κ2) is 12.5. The van der Waals surface area contributed by atoms with Gasteiger partial charge in [-0.1, -0.05) is 34.8 Å². The van der Waals surface area contributed by atoms with E-state index in [2.05, 4.69) is 15.6 Å². The number of halogens is 4. The van der Waals surface area contributed by atoms with E-state index in [0.29, 0.717) is 52.2 Å². The van der Waals surface area contributed by atoms with Crippen molar-refractivity contribution in [3.8, 4) is 5.75 Å². The molecule has 26 heavy (non-hydrogen) atoms. The maximum Gasteiger partial charge on any atom is 0.191 e. The van der Waals surface area contributed by atoms with Gasteiger partial charge in [-0.2, -0.15) is 0 Å². The minimum Gasteiger partial charge on any atom is -0.489 e. The fraction of sp³-hybridized carbons (Fsp3) is 0.562. The van der Waals surface area contributed by atoms with Crippen molar-refractivity contribution in [1.29, 1.82) is 0 Å². The largest absolute Gasteiger partial charge is 0.489 e. The predicted octanol–water partition coefficient (Wildman–Crippen LogP) is 4.36. The van der Waals surface area contributed by atoms with E-state index in [4.69, 9.17) is 39.5 Å². The zero-order valence-electron chi connectivity index (χ0n) is 15.2. The Morgan fingerprint density at radius 2 is 1.69 bits per heavy atom. The lowest BCUT2D eigenvalue weighted by Crippen LogP contribution is -2.41. The Morgan fingerprint density at radius 1 is 1.15 bits per heavy atom. The van der Waals surface area contributed by atoms with E-state index in [0.717, 1.165) is 0 Å². The highest BCUT2D eigenvalue weighted by Crippen LogP contribution is 2.35. The second-order valence-electron chi connectivity index (χ2n) is 6.13. The van der Waals surface area contributed by atoms with E-state index in [-0.39, 0.29) is 28.7 Å². The Hall–Kier alpha value is 0.0400. The fourth-order valence-corrected chi connectivity index (χ4v) is 3.60. The first kappa shape index (κ1) is 26.0. The fourth-order valence-electron chi connectivity index (χ4n) is 1.78. The van der Waals surface area contributed by atoms with Gasteiger partial charge in [0.25, 0.3) is 0 Å². The van der Waals surface area contributed by atoms with Crippen molar-refractivity contribution in [1.82, 2.24) is 10.6 Å². The number of ether oxygens (including phenoxy) is 1. The number of guanidine groups is 1. The number of benzene rings is 1. The van der Waals surface area contributed by atoms with Gasteiger partial charge in [-0.15, -0.1) is 24.0 Å². The number of nitrogens with zero attached hydrogens (tertiary/aromatic N) is 1. The maximum atomic E-state index is 12.0. The molecule has 0 aliphatic heterocycles. The van der Waals surface area contributed by atoms with Gasteiger partial charge in [0.1, 0.15) is 6.61 Å². The first-order valence-electron chi connectivity index (χ1n) is 7.75. The molecule has 1 atom stereocenters. The minimum atomic E-state index is -0.905. The third-order valence-corrected chi connectivity index (χ3v) is 5.81. The molecule has 0 bridgehead atoms. The molecule has 0 aliphatic carbocycles. The Labute approximate surface area is 190 Å². The molecule has 0 spiro atoms. The van der Waals surface area contributed by atoms with Gasteiger partial charge in [0.15, 0.2) is 11.7 Å². The maximum absolute atomic E-state index is 12.0. The third kappa shape index (κ3) is 9.30. The normalized spacial score (nSPS) is 13.0. The molecule has 0 radical (unpaired) electrons. The van der Waals surface area contributed by atoms with Crippen molar-refractivity contribution in [3.05, 3.63) is 27.2 Å². The molecule has 1 rings (SSSR count). The van der Waals surface area contributed by atoms with E-state index in [9.17, 15) is 4.21 Å². The van der Waals surface area contributed by atoms with Crippen LogP contribution in [-0.2, 0) is 10.8 Å². The topological polar surface area (TPSA) is 62.7 Å². The van der Waals surface area contributed by atoms with Crippen LogP contribution in [0.1, 0.15) is 20.8 Å². The lowest BCUT2D eigenvalue weighted by atomic mass is 10.3. The summed E-state index contributed by atoms with van der Waals surface area (Å²) < 4.78 is 17.4. The van der Waals surface area contributed by atoms with Crippen LogP contribution in [0.25, 0.3) is 0 Å². The van der Waals surface area contributed by atoms with Gasteiger partial charge in [0.05, 0.1) is 16.6 Å². The Balaban J connectivity index is 0.00000625. The number of aliphatic imine (C=N–C) groups is 1. The van der Waals surface area contributed by atoms with Gasteiger partial charge in [-0.3, -0.25) is 9.20 Å². The lowest BCUT2D eigenvalue weighted by Gasteiger charge is -2.18. The van der Waals surface area contributed by atoms with Crippen LogP contribution < -0.4 is 15.4 Å². The molecule has 2 N–H and O–H groups in total. The Bertz CT molecular complexity index is 617. The first-order valence-corrected chi connectivity index (χ1v) is 10.2. The van der Waals surface area contributed by atoms with Crippen molar-refractivity contribution in [2.45, 2.75) is 25.5 Å². The molecule has 1 unspecified atom stereocenters. The summed E-state index contributed by atoms with van der Waals surface area (Å²) in [7, 11) is 0.765. The standard InChI is InChI=1S/C16H24Cl3N3O2S.HI/c1-16(2,3)25(23)8-6-22-15(20-4)21-5-7-24-14-12(18)9-11(17)10-13(14)19;/h9-10H,5-8H2,1-4H3,(H2,20,21,22);1H. The van der Waals surface area contributed by atoms with Crippen molar-refractivity contribution < 1.29 is 8.95 Å². The van der Waals surface area contributed by atoms with Crippen LogP contribution in [0, 0.1) is 0 Å². The average Bonchev–Trinajstić information content (AvgIpc) is 2.50. The SMILES string of the molecule is CN=C(NCCOc1c(Cl)cc(Cl)cc1Cl)NCCS(=O)C(C)(C)C.I. The molecule has 1 aromatic carbocycles. The first-order chi connectivity index (χ1) is 11.6. The van der Waals surface area contributed by atoms with E-state index in [1.54, 1.807) is 19.2 Å². The summed E-state index contributed by atoms with van der Waals surface area (Å²) in [5, 5.41) is 7.41. The van der Waals surface area contributed by atoms with Crippen molar-refractivity contribution in [2.75, 3.05) is 32.5 Å².